The molecule has 0 bridgehead atoms. The van der Waals surface area contributed by atoms with Crippen LogP contribution in [-0.4, -0.2) is 15.7 Å². The van der Waals surface area contributed by atoms with Gasteiger partial charge in [-0.15, -0.1) is 0 Å². The Labute approximate surface area is 199 Å². The molecular weight excluding hydrogens is 473 g/mol. The van der Waals surface area contributed by atoms with Gasteiger partial charge in [0.25, 0.3) is 5.91 Å². The Balaban J connectivity index is 1.35. The summed E-state index contributed by atoms with van der Waals surface area (Å²) < 4.78 is 12.9. The molecule has 9 heteroatoms. The Bertz CT molecular complexity index is 1230. The largest absolute Gasteiger partial charge is 0.483 e. The average Bonchev–Trinajstić information content (AvgIpc) is 3.38. The summed E-state index contributed by atoms with van der Waals surface area (Å²) in [5.74, 6) is 0.863. The first kappa shape index (κ1) is 22.3. The van der Waals surface area contributed by atoms with E-state index in [-0.39, 0.29) is 22.4 Å². The number of hydrogen-bond donors (Lipinski definition) is 1. The third-order valence-corrected chi connectivity index (χ3v) is 5.33. The number of carbonyl (C=O) groups excluding carboxylic acids is 1. The van der Waals surface area contributed by atoms with E-state index >= 15 is 0 Å². The zero-order valence-corrected chi connectivity index (χ0v) is 19.2. The second-order valence-corrected chi connectivity index (χ2v) is 8.34. The van der Waals surface area contributed by atoms with Crippen LogP contribution in [0.4, 0.5) is 5.82 Å². The van der Waals surface area contributed by atoms with E-state index in [0.717, 1.165) is 5.56 Å². The monoisotopic (exact) mass is 489 g/mol. The molecule has 4 aromatic rings. The molecule has 2 aromatic heterocycles. The van der Waals surface area contributed by atoms with Gasteiger partial charge in [-0.2, -0.15) is 5.10 Å². The highest BCUT2D eigenvalue weighted by Crippen LogP contribution is 2.36. The third kappa shape index (κ3) is 5.46. The first-order valence-electron chi connectivity index (χ1n) is 9.64. The number of ether oxygens (including phenoxy) is 1. The van der Waals surface area contributed by atoms with Gasteiger partial charge in [0.05, 0.1) is 16.6 Å². The summed E-state index contributed by atoms with van der Waals surface area (Å²) in [4.78, 5) is 12.5. The molecule has 0 aliphatic rings. The summed E-state index contributed by atoms with van der Waals surface area (Å²) in [6, 6.07) is 16.2. The molecule has 0 saturated heterocycles. The van der Waals surface area contributed by atoms with Crippen LogP contribution in [-0.2, 0) is 13.2 Å². The number of carbonyl (C=O) groups is 1. The Morgan fingerprint density at radius 3 is 2.50 bits per heavy atom. The zero-order valence-electron chi connectivity index (χ0n) is 16.9. The van der Waals surface area contributed by atoms with Crippen molar-refractivity contribution in [2.45, 2.75) is 20.1 Å². The smallest absolute Gasteiger partial charge is 0.292 e. The lowest BCUT2D eigenvalue weighted by Gasteiger charge is -2.09. The lowest BCUT2D eigenvalue weighted by atomic mass is 10.1. The summed E-state index contributed by atoms with van der Waals surface area (Å²) in [6.07, 6.45) is 1.80. The molecule has 0 aliphatic heterocycles. The fraction of sp³-hybridized carbons (Fsp3) is 0.130. The fourth-order valence-electron chi connectivity index (χ4n) is 2.96. The van der Waals surface area contributed by atoms with E-state index in [1.54, 1.807) is 29.1 Å². The zero-order chi connectivity index (χ0) is 22.7. The summed E-state index contributed by atoms with van der Waals surface area (Å²) in [7, 11) is 0. The van der Waals surface area contributed by atoms with Crippen LogP contribution in [0.3, 0.4) is 0 Å². The van der Waals surface area contributed by atoms with E-state index in [1.165, 1.54) is 17.7 Å². The van der Waals surface area contributed by atoms with Gasteiger partial charge in [0.1, 0.15) is 12.4 Å². The lowest BCUT2D eigenvalue weighted by Crippen LogP contribution is -2.12. The van der Waals surface area contributed by atoms with Crippen LogP contribution in [0.2, 0.25) is 15.1 Å². The van der Waals surface area contributed by atoms with Crippen molar-refractivity contribution in [2.75, 3.05) is 5.32 Å². The van der Waals surface area contributed by atoms with Crippen LogP contribution >= 0.6 is 34.8 Å². The van der Waals surface area contributed by atoms with Crippen molar-refractivity contribution in [2.24, 2.45) is 0 Å². The first-order valence-corrected chi connectivity index (χ1v) is 10.8. The highest BCUT2D eigenvalue weighted by Gasteiger charge is 2.15. The number of halogens is 3. The summed E-state index contributed by atoms with van der Waals surface area (Å²) in [5.41, 5.74) is 2.32. The molecule has 32 heavy (non-hydrogen) atoms. The van der Waals surface area contributed by atoms with E-state index in [2.05, 4.69) is 22.5 Å². The fourth-order valence-corrected chi connectivity index (χ4v) is 3.89. The molecule has 2 aromatic carbocycles. The lowest BCUT2D eigenvalue weighted by molar-refractivity contribution is 0.0992. The number of aryl methyl sites for hydroxylation is 1. The Kier molecular flexibility index (Phi) is 6.74. The van der Waals surface area contributed by atoms with Crippen LogP contribution in [0.25, 0.3) is 0 Å². The van der Waals surface area contributed by atoms with E-state index in [1.807, 2.05) is 19.1 Å². The third-order valence-electron chi connectivity index (χ3n) is 4.55. The van der Waals surface area contributed by atoms with Gasteiger partial charge in [-0.25, -0.2) is 0 Å². The number of anilines is 1. The Hall–Kier alpha value is -2.93. The normalized spacial score (nSPS) is 10.9. The van der Waals surface area contributed by atoms with Crippen LogP contribution in [0.1, 0.15) is 27.4 Å². The topological polar surface area (TPSA) is 69.3 Å². The van der Waals surface area contributed by atoms with Crippen LogP contribution in [0.15, 0.2) is 65.2 Å². The number of nitrogens with zero attached hydrogens (tertiary/aromatic N) is 2. The maximum atomic E-state index is 12.5. The van der Waals surface area contributed by atoms with Crippen LogP contribution in [0, 0.1) is 6.92 Å². The van der Waals surface area contributed by atoms with Crippen molar-refractivity contribution in [3.8, 4) is 5.75 Å². The van der Waals surface area contributed by atoms with Crippen LogP contribution in [0.5, 0.6) is 5.75 Å². The SMILES string of the molecule is Cc1ccc(Cn2ccc(NC(=O)c3ccc(COc4c(Cl)cc(Cl)cc4Cl)o3)n2)cc1. The minimum Gasteiger partial charge on any atom is -0.483 e. The highest BCUT2D eigenvalue weighted by molar-refractivity contribution is 6.40. The van der Waals surface area contributed by atoms with Crippen molar-refractivity contribution < 1.29 is 13.9 Å². The summed E-state index contributed by atoms with van der Waals surface area (Å²) >= 11 is 18.1. The minimum atomic E-state index is -0.417. The Morgan fingerprint density at radius 1 is 1.06 bits per heavy atom. The maximum Gasteiger partial charge on any atom is 0.292 e. The molecule has 0 aliphatic carbocycles. The van der Waals surface area contributed by atoms with E-state index < -0.39 is 5.91 Å². The van der Waals surface area contributed by atoms with E-state index in [0.29, 0.717) is 28.9 Å². The van der Waals surface area contributed by atoms with Crippen LogP contribution < -0.4 is 10.1 Å². The molecule has 4 rings (SSSR count). The van der Waals surface area contributed by atoms with Gasteiger partial charge in [0.15, 0.2) is 17.3 Å². The molecule has 0 unspecified atom stereocenters. The van der Waals surface area contributed by atoms with Gasteiger partial charge in [-0.1, -0.05) is 64.6 Å². The van der Waals surface area contributed by atoms with Crippen molar-refractivity contribution in [3.05, 3.63) is 98.5 Å². The van der Waals surface area contributed by atoms with Crippen molar-refractivity contribution in [1.29, 1.82) is 0 Å². The molecule has 2 heterocycles. The van der Waals surface area contributed by atoms with Gasteiger partial charge in [-0.3, -0.25) is 9.48 Å². The number of amides is 1. The Morgan fingerprint density at radius 2 is 1.78 bits per heavy atom. The molecular formula is C23H18Cl3N3O3. The van der Waals surface area contributed by atoms with Crippen molar-refractivity contribution >= 4 is 46.5 Å². The van der Waals surface area contributed by atoms with Crippen molar-refractivity contribution in [1.82, 2.24) is 9.78 Å². The first-order chi connectivity index (χ1) is 15.4. The molecule has 0 fully saturated rings. The molecule has 0 saturated carbocycles. The number of furan rings is 1. The van der Waals surface area contributed by atoms with Gasteiger partial charge in [0, 0.05) is 17.3 Å². The second-order valence-electron chi connectivity index (χ2n) is 7.09. The van der Waals surface area contributed by atoms with Gasteiger partial charge < -0.3 is 14.5 Å². The molecule has 6 nitrogen and oxygen atoms in total. The van der Waals surface area contributed by atoms with E-state index in [9.17, 15) is 4.79 Å². The predicted octanol–water partition coefficient (Wildman–Crippen LogP) is 6.62. The molecule has 0 radical (unpaired) electrons. The van der Waals surface area contributed by atoms with Crippen molar-refractivity contribution in [3.63, 3.8) is 0 Å². The van der Waals surface area contributed by atoms with Gasteiger partial charge in [-0.05, 0) is 36.8 Å². The molecule has 1 N–H and O–H groups in total. The number of benzene rings is 2. The summed E-state index contributed by atoms with van der Waals surface area (Å²) in [5, 5.41) is 8.08. The highest BCUT2D eigenvalue weighted by atomic mass is 35.5. The molecule has 0 atom stereocenters. The molecule has 1 amide bonds. The molecule has 0 spiro atoms. The number of rotatable bonds is 7. The van der Waals surface area contributed by atoms with Gasteiger partial charge >= 0.3 is 0 Å². The number of hydrogen-bond acceptors (Lipinski definition) is 4. The summed E-state index contributed by atoms with van der Waals surface area (Å²) in [6.45, 7) is 2.69. The van der Waals surface area contributed by atoms with E-state index in [4.69, 9.17) is 44.0 Å². The van der Waals surface area contributed by atoms with Gasteiger partial charge in [0.2, 0.25) is 0 Å². The quantitative estimate of drug-likeness (QED) is 0.316. The standard InChI is InChI=1S/C23H18Cl3N3O3/c1-14-2-4-15(5-3-14)12-29-9-8-21(28-29)27-23(30)20-7-6-17(32-20)13-31-22-18(25)10-16(24)11-19(22)26/h2-11H,12-13H2,1H3,(H,27,28,30). The predicted molar refractivity (Wildman–Crippen MR) is 125 cm³/mol. The molecule has 164 valence electrons. The maximum absolute atomic E-state index is 12.5. The number of aromatic nitrogens is 2. The second kappa shape index (κ2) is 9.69. The average molecular weight is 491 g/mol. The minimum absolute atomic E-state index is 0.0412. The number of nitrogens with one attached hydrogen (secondary N) is 1.